The third kappa shape index (κ3) is 4.90. The van der Waals surface area contributed by atoms with Crippen molar-refractivity contribution in [2.45, 2.75) is 19.4 Å². The lowest BCUT2D eigenvalue weighted by atomic mass is 10.0. The van der Waals surface area contributed by atoms with Gasteiger partial charge in [0, 0.05) is 24.8 Å². The summed E-state index contributed by atoms with van der Waals surface area (Å²) in [5.41, 5.74) is 4.02. The molecule has 1 heterocycles. The maximum atomic E-state index is 9.12. The van der Waals surface area contributed by atoms with Gasteiger partial charge in [0.25, 0.3) is 5.70 Å². The Hall–Kier alpha value is -3.96. The van der Waals surface area contributed by atoms with Gasteiger partial charge in [-0.25, -0.2) is 10.1 Å². The highest BCUT2D eigenvalue weighted by atomic mass is 16.5. The van der Waals surface area contributed by atoms with Gasteiger partial charge in [-0.2, -0.15) is 0 Å². The summed E-state index contributed by atoms with van der Waals surface area (Å²) in [7, 11) is 3.68. The Kier molecular flexibility index (Phi) is 6.57. The summed E-state index contributed by atoms with van der Waals surface area (Å²) in [6, 6.07) is 18.1. The lowest BCUT2D eigenvalue weighted by Gasteiger charge is -2.22. The molecule has 2 aromatic rings. The molecule has 2 aromatic carbocycles. The summed E-state index contributed by atoms with van der Waals surface area (Å²) >= 11 is 0. The predicted molar refractivity (Wildman–Crippen MR) is 119 cm³/mol. The average molecular weight is 397 g/mol. The van der Waals surface area contributed by atoms with Gasteiger partial charge in [-0.05, 0) is 66.6 Å². The zero-order valence-electron chi connectivity index (χ0n) is 17.3. The van der Waals surface area contributed by atoms with E-state index >= 15 is 0 Å². The minimum absolute atomic E-state index is 0.0738. The van der Waals surface area contributed by atoms with Crippen LogP contribution < -0.4 is 9.64 Å². The van der Waals surface area contributed by atoms with Crippen LogP contribution in [0.2, 0.25) is 0 Å². The highest BCUT2D eigenvalue weighted by molar-refractivity contribution is 5.65. The largest absolute Gasteiger partial charge is 0.497 e. The van der Waals surface area contributed by atoms with Gasteiger partial charge in [0.1, 0.15) is 11.5 Å². The lowest BCUT2D eigenvalue weighted by Crippen LogP contribution is -2.13. The minimum Gasteiger partial charge on any atom is -0.497 e. The number of nitrogens with zero attached hydrogens (tertiary/aromatic N) is 3. The molecule has 1 aliphatic heterocycles. The summed E-state index contributed by atoms with van der Waals surface area (Å²) in [5, 5.41) is 9.12. The van der Waals surface area contributed by atoms with Crippen LogP contribution in [0.3, 0.4) is 0 Å². The average Bonchev–Trinajstić information content (AvgIpc) is 2.78. The Balaban J connectivity index is 1.75. The fraction of sp³-hybridized carbons (Fsp3) is 0.200. The van der Waals surface area contributed by atoms with E-state index in [4.69, 9.17) is 21.3 Å². The Morgan fingerprint density at radius 2 is 1.80 bits per heavy atom. The van der Waals surface area contributed by atoms with Crippen LogP contribution in [0.5, 0.6) is 5.75 Å². The number of benzene rings is 2. The Morgan fingerprint density at radius 3 is 2.37 bits per heavy atom. The number of nitriles is 1. The number of ether oxygens (including phenoxy) is 2. The first-order valence-electron chi connectivity index (χ1n) is 9.59. The van der Waals surface area contributed by atoms with Gasteiger partial charge in [-0.1, -0.05) is 18.2 Å². The Morgan fingerprint density at radius 1 is 1.17 bits per heavy atom. The van der Waals surface area contributed by atoms with E-state index in [2.05, 4.69) is 21.9 Å². The molecule has 1 atom stereocenters. The number of allylic oxidation sites excluding steroid dienone is 3. The molecule has 0 saturated carbocycles. The molecule has 0 spiro atoms. The van der Waals surface area contributed by atoms with Gasteiger partial charge >= 0.3 is 0 Å². The molecule has 5 nitrogen and oxygen atoms in total. The molecule has 0 radical (unpaired) electrons. The van der Waals surface area contributed by atoms with E-state index in [1.54, 1.807) is 13.2 Å². The van der Waals surface area contributed by atoms with Crippen LogP contribution in [0.4, 0.5) is 11.4 Å². The molecule has 0 amide bonds. The normalized spacial score (nSPS) is 17.4. The van der Waals surface area contributed by atoms with E-state index in [0.29, 0.717) is 12.2 Å². The molecule has 3 rings (SSSR count). The van der Waals surface area contributed by atoms with Crippen molar-refractivity contribution >= 4 is 17.5 Å². The molecule has 150 valence electrons. The van der Waals surface area contributed by atoms with Gasteiger partial charge in [-0.3, -0.25) is 0 Å². The van der Waals surface area contributed by atoms with Crippen molar-refractivity contribution in [1.29, 1.82) is 5.26 Å². The maximum absolute atomic E-state index is 9.12. The van der Waals surface area contributed by atoms with E-state index < -0.39 is 0 Å². The summed E-state index contributed by atoms with van der Waals surface area (Å²) < 4.78 is 11.0. The highest BCUT2D eigenvalue weighted by Gasteiger charge is 2.17. The molecule has 0 fully saturated rings. The van der Waals surface area contributed by atoms with E-state index in [9.17, 15) is 0 Å². The third-order valence-corrected chi connectivity index (χ3v) is 4.86. The van der Waals surface area contributed by atoms with Crippen molar-refractivity contribution in [3.63, 3.8) is 0 Å². The van der Waals surface area contributed by atoms with Crippen LogP contribution in [0.15, 0.2) is 77.7 Å². The zero-order chi connectivity index (χ0) is 21.5. The topological polar surface area (TPSA) is 49.9 Å². The van der Waals surface area contributed by atoms with Gasteiger partial charge < -0.3 is 14.4 Å². The second-order valence-corrected chi connectivity index (χ2v) is 6.96. The maximum Gasteiger partial charge on any atom is 0.265 e. The first-order chi connectivity index (χ1) is 14.5. The third-order valence-electron chi connectivity index (χ3n) is 4.86. The Bertz CT molecular complexity index is 1050. The summed E-state index contributed by atoms with van der Waals surface area (Å²) in [4.78, 5) is 5.41. The van der Waals surface area contributed by atoms with Crippen molar-refractivity contribution in [1.82, 2.24) is 0 Å². The lowest BCUT2D eigenvalue weighted by molar-refractivity contribution is 0.133. The van der Waals surface area contributed by atoms with E-state index in [1.165, 1.54) is 0 Å². The van der Waals surface area contributed by atoms with Gasteiger partial charge in [-0.15, -0.1) is 0 Å². The van der Waals surface area contributed by atoms with Crippen molar-refractivity contribution in [3.05, 3.63) is 94.7 Å². The van der Waals surface area contributed by atoms with Crippen LogP contribution >= 0.6 is 0 Å². The quantitative estimate of drug-likeness (QED) is 0.468. The zero-order valence-corrected chi connectivity index (χ0v) is 17.3. The van der Waals surface area contributed by atoms with Gasteiger partial charge in [0.15, 0.2) is 0 Å². The summed E-state index contributed by atoms with van der Waals surface area (Å²) in [5.74, 6) is 1.48. The van der Waals surface area contributed by atoms with Crippen molar-refractivity contribution in [2.75, 3.05) is 19.1 Å². The van der Waals surface area contributed by atoms with Crippen LogP contribution in [0.1, 0.15) is 18.9 Å². The van der Waals surface area contributed by atoms with E-state index in [0.717, 1.165) is 28.3 Å². The second kappa shape index (κ2) is 9.49. The van der Waals surface area contributed by atoms with Crippen LogP contribution in [-0.4, -0.2) is 20.3 Å². The molecule has 0 aliphatic carbocycles. The van der Waals surface area contributed by atoms with E-state index in [1.807, 2.05) is 68.6 Å². The summed E-state index contributed by atoms with van der Waals surface area (Å²) in [6.45, 7) is 9.08. The molecule has 0 saturated heterocycles. The van der Waals surface area contributed by atoms with E-state index in [-0.39, 0.29) is 11.8 Å². The monoisotopic (exact) mass is 397 g/mol. The Labute approximate surface area is 177 Å². The van der Waals surface area contributed by atoms with Crippen molar-refractivity contribution in [3.8, 4) is 11.8 Å². The molecule has 5 heteroatoms. The molecule has 0 bridgehead atoms. The predicted octanol–water partition coefficient (Wildman–Crippen LogP) is 5.87. The first kappa shape index (κ1) is 20.8. The van der Waals surface area contributed by atoms with Gasteiger partial charge in [0.05, 0.1) is 25.9 Å². The molecular formula is C25H23N3O2. The molecular weight excluding hydrogens is 374 g/mol. The van der Waals surface area contributed by atoms with Crippen LogP contribution in [0.25, 0.3) is 10.9 Å². The second-order valence-electron chi connectivity index (χ2n) is 6.96. The fourth-order valence-corrected chi connectivity index (χ4v) is 3.21. The fourth-order valence-electron chi connectivity index (χ4n) is 3.21. The number of hydrogen-bond donors (Lipinski definition) is 0. The van der Waals surface area contributed by atoms with Crippen LogP contribution in [-0.2, 0) is 4.74 Å². The molecule has 30 heavy (non-hydrogen) atoms. The van der Waals surface area contributed by atoms with Crippen molar-refractivity contribution < 1.29 is 9.47 Å². The highest BCUT2D eigenvalue weighted by Crippen LogP contribution is 2.27. The molecule has 0 N–H and O–H groups in total. The number of hydrogen-bond acceptors (Lipinski definition) is 4. The first-order valence-corrected chi connectivity index (χ1v) is 9.59. The smallest absolute Gasteiger partial charge is 0.265 e. The summed E-state index contributed by atoms with van der Waals surface area (Å²) in [6.07, 6.45) is 6.10. The number of anilines is 2. The van der Waals surface area contributed by atoms with Crippen molar-refractivity contribution in [2.24, 2.45) is 0 Å². The molecule has 0 aromatic heterocycles. The molecule has 1 unspecified atom stereocenters. The number of methoxy groups -OCH3 is 1. The van der Waals surface area contributed by atoms with Gasteiger partial charge in [0.2, 0.25) is 0 Å². The number of rotatable bonds is 5. The van der Waals surface area contributed by atoms with Crippen LogP contribution in [0, 0.1) is 17.9 Å². The minimum atomic E-state index is -0.0738. The standard InChI is InChI=1S/C25H23N3O2/c1-18-15-20(25(17-26)27-2)16-24(30-18)12-7-19-5-8-21(9-6-19)28(3)22-10-13-23(29-4)14-11-22/h5-14,16,18H,15H2,1,3-4H3/b12-7+,25-20?. The molecule has 1 aliphatic rings. The SMILES string of the molecule is [C-]#[N+]C(C#N)=C1C=C(/C=C/c2ccc(N(C)c3ccc(OC)cc3)cc2)OC(C)C1.